The molecule has 15 heavy (non-hydrogen) atoms. The topological polar surface area (TPSA) is 37.8 Å². The van der Waals surface area contributed by atoms with Crippen LogP contribution in [-0.2, 0) is 0 Å². The number of para-hydroxylation sites is 2. The van der Waals surface area contributed by atoms with Crippen LogP contribution in [0.1, 0.15) is 12.6 Å². The van der Waals surface area contributed by atoms with E-state index in [2.05, 4.69) is 22.2 Å². The average molecular weight is 203 g/mol. The van der Waals surface area contributed by atoms with Crippen molar-refractivity contribution >= 4 is 11.0 Å². The number of aryl methyl sites for hydroxylation is 1. The molecular formula is C12H17N3. The molecule has 2 aromatic rings. The van der Waals surface area contributed by atoms with E-state index in [4.69, 9.17) is 0 Å². The van der Waals surface area contributed by atoms with Crippen molar-refractivity contribution in [3.05, 3.63) is 36.2 Å². The molecule has 3 nitrogen and oxygen atoms in total. The first-order valence-electron chi connectivity index (χ1n) is 5.11. The third-order valence-corrected chi connectivity index (χ3v) is 1.92. The number of fused-ring (bicyclic) bond motifs is 1. The largest absolute Gasteiger partial charge is 0.320 e. The fraction of sp³-hybridized carbons (Fsp3) is 0.333. The second-order valence-electron chi connectivity index (χ2n) is 3.21. The zero-order valence-electron chi connectivity index (χ0n) is 9.49. The molecule has 0 radical (unpaired) electrons. The lowest BCUT2D eigenvalue weighted by Crippen LogP contribution is -2.01. The van der Waals surface area contributed by atoms with Gasteiger partial charge in [0, 0.05) is 6.20 Å². The van der Waals surface area contributed by atoms with Gasteiger partial charge >= 0.3 is 0 Å². The molecule has 2 rings (SSSR count). The van der Waals surface area contributed by atoms with Crippen LogP contribution in [0.4, 0.5) is 0 Å². The van der Waals surface area contributed by atoms with Crippen molar-refractivity contribution in [1.82, 2.24) is 15.3 Å². The van der Waals surface area contributed by atoms with Gasteiger partial charge in [0.15, 0.2) is 0 Å². The highest BCUT2D eigenvalue weighted by Gasteiger charge is 1.92. The van der Waals surface area contributed by atoms with E-state index in [-0.39, 0.29) is 0 Å². The molecular weight excluding hydrogens is 186 g/mol. The van der Waals surface area contributed by atoms with Gasteiger partial charge in [-0.1, -0.05) is 19.1 Å². The smallest absolute Gasteiger partial charge is 0.0889 e. The zero-order chi connectivity index (χ0) is 11.1. The van der Waals surface area contributed by atoms with Crippen LogP contribution in [0.15, 0.2) is 30.5 Å². The average Bonchev–Trinajstić information content (AvgIpc) is 2.29. The maximum atomic E-state index is 4.31. The Morgan fingerprint density at radius 2 is 1.80 bits per heavy atom. The maximum absolute atomic E-state index is 4.31. The van der Waals surface area contributed by atoms with Crippen LogP contribution in [0.2, 0.25) is 0 Å². The van der Waals surface area contributed by atoms with Gasteiger partial charge in [-0.3, -0.25) is 4.98 Å². The Morgan fingerprint density at radius 3 is 2.40 bits per heavy atom. The molecule has 0 saturated carbocycles. The number of hydrogen-bond donors (Lipinski definition) is 1. The molecule has 1 N–H and O–H groups in total. The molecule has 0 saturated heterocycles. The highest BCUT2D eigenvalue weighted by Crippen LogP contribution is 2.06. The SMILES string of the molecule is CCNC.Cc1cnc2ccccc2n1. The first-order chi connectivity index (χ1) is 7.27. The number of nitrogens with one attached hydrogen (secondary N) is 1. The van der Waals surface area contributed by atoms with Gasteiger partial charge in [0.05, 0.1) is 16.7 Å². The molecule has 1 aromatic heterocycles. The van der Waals surface area contributed by atoms with Crippen LogP contribution >= 0.6 is 0 Å². The second-order valence-corrected chi connectivity index (χ2v) is 3.21. The predicted octanol–water partition coefficient (Wildman–Crippen LogP) is 2.16. The molecule has 0 aliphatic carbocycles. The van der Waals surface area contributed by atoms with Gasteiger partial charge in [0.2, 0.25) is 0 Å². The lowest BCUT2D eigenvalue weighted by Gasteiger charge is -1.95. The summed E-state index contributed by atoms with van der Waals surface area (Å²) in [7, 11) is 1.93. The van der Waals surface area contributed by atoms with Crippen LogP contribution in [0.5, 0.6) is 0 Å². The van der Waals surface area contributed by atoms with Gasteiger partial charge in [-0.15, -0.1) is 0 Å². The highest BCUT2D eigenvalue weighted by atomic mass is 14.8. The molecule has 1 heterocycles. The summed E-state index contributed by atoms with van der Waals surface area (Å²) >= 11 is 0. The predicted molar refractivity (Wildman–Crippen MR) is 63.9 cm³/mol. The summed E-state index contributed by atoms with van der Waals surface area (Å²) in [6, 6.07) is 7.86. The van der Waals surface area contributed by atoms with Gasteiger partial charge in [-0.25, -0.2) is 4.98 Å². The molecule has 0 aliphatic heterocycles. The summed E-state index contributed by atoms with van der Waals surface area (Å²) in [5.41, 5.74) is 2.88. The Kier molecular flexibility index (Phi) is 4.71. The highest BCUT2D eigenvalue weighted by molar-refractivity contribution is 5.73. The fourth-order valence-corrected chi connectivity index (χ4v) is 1.05. The number of nitrogens with zero attached hydrogens (tertiary/aromatic N) is 2. The fourth-order valence-electron chi connectivity index (χ4n) is 1.05. The first-order valence-corrected chi connectivity index (χ1v) is 5.11. The number of benzene rings is 1. The minimum Gasteiger partial charge on any atom is -0.320 e. The quantitative estimate of drug-likeness (QED) is 0.771. The Morgan fingerprint density at radius 1 is 1.20 bits per heavy atom. The summed E-state index contributed by atoms with van der Waals surface area (Å²) in [4.78, 5) is 8.53. The first kappa shape index (κ1) is 11.6. The van der Waals surface area contributed by atoms with Gasteiger partial charge in [0.1, 0.15) is 0 Å². The summed E-state index contributed by atoms with van der Waals surface area (Å²) in [5.74, 6) is 0. The van der Waals surface area contributed by atoms with E-state index in [9.17, 15) is 0 Å². The van der Waals surface area contributed by atoms with Crippen molar-refractivity contribution in [2.45, 2.75) is 13.8 Å². The number of rotatable bonds is 1. The number of hydrogen-bond acceptors (Lipinski definition) is 3. The minimum atomic E-state index is 0.957. The Balaban J connectivity index is 0.000000245. The Hall–Kier alpha value is -1.48. The standard InChI is InChI=1S/C9H8N2.C3H9N/c1-7-6-10-8-4-2-3-5-9(8)11-7;1-3-4-2/h2-6H,1H3;4H,3H2,1-2H3. The Labute approximate surface area is 90.6 Å². The molecule has 0 atom stereocenters. The molecule has 1 aromatic carbocycles. The van der Waals surface area contributed by atoms with Crippen molar-refractivity contribution in [3.8, 4) is 0 Å². The van der Waals surface area contributed by atoms with E-state index < -0.39 is 0 Å². The summed E-state index contributed by atoms with van der Waals surface area (Å²) in [6.45, 7) is 5.08. The van der Waals surface area contributed by atoms with Crippen LogP contribution in [0.25, 0.3) is 11.0 Å². The zero-order valence-corrected chi connectivity index (χ0v) is 9.49. The molecule has 3 heteroatoms. The third kappa shape index (κ3) is 3.64. The lowest BCUT2D eigenvalue weighted by atomic mass is 10.3. The van der Waals surface area contributed by atoms with Gasteiger partial charge < -0.3 is 5.32 Å². The van der Waals surface area contributed by atoms with Crippen molar-refractivity contribution in [1.29, 1.82) is 0 Å². The van der Waals surface area contributed by atoms with Crippen LogP contribution in [0, 0.1) is 6.92 Å². The summed E-state index contributed by atoms with van der Waals surface area (Å²) in [5, 5.41) is 2.93. The van der Waals surface area contributed by atoms with E-state index >= 15 is 0 Å². The molecule has 0 amide bonds. The monoisotopic (exact) mass is 203 g/mol. The van der Waals surface area contributed by atoms with Crippen molar-refractivity contribution in [3.63, 3.8) is 0 Å². The van der Waals surface area contributed by atoms with Crippen LogP contribution < -0.4 is 5.32 Å². The maximum Gasteiger partial charge on any atom is 0.0889 e. The van der Waals surface area contributed by atoms with E-state index in [1.165, 1.54) is 0 Å². The summed E-state index contributed by atoms with van der Waals surface area (Å²) < 4.78 is 0. The van der Waals surface area contributed by atoms with Crippen molar-refractivity contribution < 1.29 is 0 Å². The molecule has 0 spiro atoms. The molecule has 80 valence electrons. The third-order valence-electron chi connectivity index (χ3n) is 1.92. The van der Waals surface area contributed by atoms with E-state index in [1.54, 1.807) is 6.20 Å². The lowest BCUT2D eigenvalue weighted by molar-refractivity contribution is 0.864. The summed E-state index contributed by atoms with van der Waals surface area (Å²) in [6.07, 6.45) is 1.78. The van der Waals surface area contributed by atoms with Gasteiger partial charge in [0.25, 0.3) is 0 Å². The minimum absolute atomic E-state index is 0.957. The van der Waals surface area contributed by atoms with Gasteiger partial charge in [-0.05, 0) is 32.6 Å². The van der Waals surface area contributed by atoms with E-state index in [1.807, 2.05) is 38.2 Å². The normalized spacial score (nSPS) is 9.53. The van der Waals surface area contributed by atoms with Crippen LogP contribution in [-0.4, -0.2) is 23.6 Å². The van der Waals surface area contributed by atoms with E-state index in [0.717, 1.165) is 23.3 Å². The molecule has 0 aliphatic rings. The molecule has 0 bridgehead atoms. The van der Waals surface area contributed by atoms with E-state index in [0.29, 0.717) is 0 Å². The molecule has 0 fully saturated rings. The Bertz CT molecular complexity index is 410. The van der Waals surface area contributed by atoms with Crippen molar-refractivity contribution in [2.75, 3.05) is 13.6 Å². The van der Waals surface area contributed by atoms with Gasteiger partial charge in [-0.2, -0.15) is 0 Å². The van der Waals surface area contributed by atoms with Crippen LogP contribution in [0.3, 0.4) is 0 Å². The molecule has 0 unspecified atom stereocenters. The second kappa shape index (κ2) is 6.09. The number of aromatic nitrogens is 2. The van der Waals surface area contributed by atoms with Crippen molar-refractivity contribution in [2.24, 2.45) is 0 Å².